The molecule has 8 heteroatoms. The van der Waals surface area contributed by atoms with Crippen LogP contribution in [0.1, 0.15) is 30.5 Å². The fraction of sp³-hybridized carbons (Fsp3) is 0.300. The lowest BCUT2D eigenvalue weighted by molar-refractivity contribution is -0.139. The van der Waals surface area contributed by atoms with Gasteiger partial charge in [0.2, 0.25) is 5.91 Å². The molecule has 0 saturated heterocycles. The van der Waals surface area contributed by atoms with Gasteiger partial charge in [-0.2, -0.15) is 13.2 Å². The molecule has 0 aromatic heterocycles. The third kappa shape index (κ3) is 5.04. The standard InChI is InChI=1S/C20H19ClF3NO3/c1-3-25(12(2)26)11-13-6-4-5-7-16(13)14-8-15(10-18(27)28)19(17(21)9-14)20(22,23)24/h4-9H,3,10-11H2,1-2H3,(H,27,28). The second-order valence-electron chi connectivity index (χ2n) is 6.25. The van der Waals surface area contributed by atoms with Crippen LogP contribution < -0.4 is 0 Å². The zero-order valence-corrected chi connectivity index (χ0v) is 16.1. The molecule has 2 rings (SSSR count). The summed E-state index contributed by atoms with van der Waals surface area (Å²) in [5.74, 6) is -1.52. The molecular weight excluding hydrogens is 395 g/mol. The van der Waals surface area contributed by atoms with Gasteiger partial charge in [-0.15, -0.1) is 0 Å². The van der Waals surface area contributed by atoms with Crippen LogP contribution in [0.2, 0.25) is 5.02 Å². The van der Waals surface area contributed by atoms with Gasteiger partial charge < -0.3 is 10.0 Å². The second-order valence-corrected chi connectivity index (χ2v) is 6.66. The highest BCUT2D eigenvalue weighted by Crippen LogP contribution is 2.40. The second kappa shape index (κ2) is 8.65. The van der Waals surface area contributed by atoms with E-state index >= 15 is 0 Å². The highest BCUT2D eigenvalue weighted by molar-refractivity contribution is 6.32. The minimum atomic E-state index is -4.77. The number of amides is 1. The number of hydrogen-bond donors (Lipinski definition) is 1. The highest BCUT2D eigenvalue weighted by Gasteiger charge is 2.36. The Labute approximate surface area is 165 Å². The Morgan fingerprint density at radius 2 is 1.79 bits per heavy atom. The number of carboxylic acid groups (broad SMARTS) is 1. The maximum atomic E-state index is 13.4. The third-order valence-electron chi connectivity index (χ3n) is 4.31. The van der Waals surface area contributed by atoms with Crippen LogP contribution in [0.5, 0.6) is 0 Å². The quantitative estimate of drug-likeness (QED) is 0.723. The van der Waals surface area contributed by atoms with Gasteiger partial charge in [-0.05, 0) is 41.3 Å². The number of carboxylic acids is 1. The molecule has 0 fully saturated rings. The van der Waals surface area contributed by atoms with Crippen LogP contribution in [0.25, 0.3) is 11.1 Å². The zero-order chi connectivity index (χ0) is 21.1. The van der Waals surface area contributed by atoms with Crippen LogP contribution in [0, 0.1) is 0 Å². The summed E-state index contributed by atoms with van der Waals surface area (Å²) in [7, 11) is 0. The average molecular weight is 414 g/mol. The number of aliphatic carboxylic acids is 1. The van der Waals surface area contributed by atoms with Crippen molar-refractivity contribution in [3.05, 3.63) is 58.1 Å². The lowest BCUT2D eigenvalue weighted by Crippen LogP contribution is -2.27. The molecule has 1 amide bonds. The summed E-state index contributed by atoms with van der Waals surface area (Å²) < 4.78 is 40.1. The number of nitrogens with zero attached hydrogens (tertiary/aromatic N) is 1. The summed E-state index contributed by atoms with van der Waals surface area (Å²) in [6, 6.07) is 9.32. The fourth-order valence-corrected chi connectivity index (χ4v) is 3.38. The third-order valence-corrected chi connectivity index (χ3v) is 4.61. The number of carbonyl (C=O) groups is 2. The molecule has 0 aliphatic carbocycles. The van der Waals surface area contributed by atoms with Gasteiger partial charge in [0.15, 0.2) is 0 Å². The Morgan fingerprint density at radius 3 is 2.32 bits per heavy atom. The van der Waals surface area contributed by atoms with Crippen LogP contribution in [0.4, 0.5) is 13.2 Å². The highest BCUT2D eigenvalue weighted by atomic mass is 35.5. The molecule has 1 N–H and O–H groups in total. The Morgan fingerprint density at radius 1 is 1.14 bits per heavy atom. The summed E-state index contributed by atoms with van der Waals surface area (Å²) in [4.78, 5) is 24.4. The van der Waals surface area contributed by atoms with E-state index in [1.54, 1.807) is 29.2 Å². The van der Waals surface area contributed by atoms with Crippen molar-refractivity contribution in [2.24, 2.45) is 0 Å². The summed E-state index contributed by atoms with van der Waals surface area (Å²) in [5, 5.41) is 8.46. The first-order valence-electron chi connectivity index (χ1n) is 8.49. The van der Waals surface area contributed by atoms with Gasteiger partial charge in [0.1, 0.15) is 0 Å². The zero-order valence-electron chi connectivity index (χ0n) is 15.3. The minimum Gasteiger partial charge on any atom is -0.481 e. The Bertz CT molecular complexity index is 897. The summed E-state index contributed by atoms with van der Waals surface area (Å²) in [5.41, 5.74) is 0.124. The lowest BCUT2D eigenvalue weighted by Gasteiger charge is -2.22. The van der Waals surface area contributed by atoms with Crippen molar-refractivity contribution >= 4 is 23.5 Å². The van der Waals surface area contributed by atoms with Crippen molar-refractivity contribution < 1.29 is 27.9 Å². The van der Waals surface area contributed by atoms with Crippen LogP contribution in [-0.2, 0) is 28.7 Å². The van der Waals surface area contributed by atoms with E-state index in [1.165, 1.54) is 19.1 Å². The summed E-state index contributed by atoms with van der Waals surface area (Å²) in [6.07, 6.45) is -5.58. The van der Waals surface area contributed by atoms with E-state index in [4.69, 9.17) is 16.7 Å². The predicted molar refractivity (Wildman–Crippen MR) is 100.0 cm³/mol. The largest absolute Gasteiger partial charge is 0.481 e. The number of halogens is 4. The molecule has 0 unspecified atom stereocenters. The van der Waals surface area contributed by atoms with E-state index in [0.29, 0.717) is 17.7 Å². The van der Waals surface area contributed by atoms with Gasteiger partial charge in [0.05, 0.1) is 17.0 Å². The van der Waals surface area contributed by atoms with E-state index in [2.05, 4.69) is 0 Å². The van der Waals surface area contributed by atoms with Gasteiger partial charge in [-0.25, -0.2) is 0 Å². The van der Waals surface area contributed by atoms with Crippen LogP contribution in [-0.4, -0.2) is 28.4 Å². The van der Waals surface area contributed by atoms with Crippen molar-refractivity contribution in [2.45, 2.75) is 33.0 Å². The molecule has 0 aliphatic rings. The Hall–Kier alpha value is -2.54. The number of alkyl halides is 3. The molecule has 2 aromatic carbocycles. The first kappa shape index (κ1) is 21.8. The topological polar surface area (TPSA) is 57.6 Å². The smallest absolute Gasteiger partial charge is 0.418 e. The molecule has 4 nitrogen and oxygen atoms in total. The van der Waals surface area contributed by atoms with E-state index in [0.717, 1.165) is 5.56 Å². The number of rotatable bonds is 6. The van der Waals surface area contributed by atoms with Crippen molar-refractivity contribution in [3.63, 3.8) is 0 Å². The summed E-state index contributed by atoms with van der Waals surface area (Å²) >= 11 is 5.91. The van der Waals surface area contributed by atoms with Crippen LogP contribution in [0.3, 0.4) is 0 Å². The van der Waals surface area contributed by atoms with Crippen LogP contribution >= 0.6 is 11.6 Å². The molecule has 0 aliphatic heterocycles. The molecular formula is C20H19ClF3NO3. The van der Waals surface area contributed by atoms with Gasteiger partial charge in [-0.1, -0.05) is 35.9 Å². The Kier molecular flexibility index (Phi) is 6.72. The van der Waals surface area contributed by atoms with Crippen LogP contribution in [0.15, 0.2) is 36.4 Å². The first-order chi connectivity index (χ1) is 13.0. The SMILES string of the molecule is CCN(Cc1ccccc1-c1cc(Cl)c(C(F)(F)F)c(CC(=O)O)c1)C(C)=O. The molecule has 0 heterocycles. The molecule has 150 valence electrons. The van der Waals surface area contributed by atoms with E-state index in [9.17, 15) is 22.8 Å². The maximum Gasteiger partial charge on any atom is 0.418 e. The van der Waals surface area contributed by atoms with Gasteiger partial charge >= 0.3 is 12.1 Å². The normalized spacial score (nSPS) is 11.4. The molecule has 0 atom stereocenters. The lowest BCUT2D eigenvalue weighted by atomic mass is 9.94. The van der Waals surface area contributed by atoms with E-state index in [-0.39, 0.29) is 12.5 Å². The van der Waals surface area contributed by atoms with Crippen molar-refractivity contribution in [1.82, 2.24) is 4.90 Å². The van der Waals surface area contributed by atoms with E-state index in [1.807, 2.05) is 6.92 Å². The van der Waals surface area contributed by atoms with Crippen molar-refractivity contribution in [3.8, 4) is 11.1 Å². The number of hydrogen-bond acceptors (Lipinski definition) is 2. The number of carbonyl (C=O) groups excluding carboxylic acids is 1. The Balaban J connectivity index is 2.62. The van der Waals surface area contributed by atoms with Crippen molar-refractivity contribution in [1.29, 1.82) is 0 Å². The van der Waals surface area contributed by atoms with Gasteiger partial charge in [-0.3, -0.25) is 9.59 Å². The number of benzene rings is 2. The van der Waals surface area contributed by atoms with E-state index < -0.39 is 34.7 Å². The predicted octanol–water partition coefficient (Wildman–Crippen LogP) is 5.02. The monoisotopic (exact) mass is 413 g/mol. The van der Waals surface area contributed by atoms with Gasteiger partial charge in [0.25, 0.3) is 0 Å². The minimum absolute atomic E-state index is 0.130. The first-order valence-corrected chi connectivity index (χ1v) is 8.87. The molecule has 0 bridgehead atoms. The maximum absolute atomic E-state index is 13.4. The summed E-state index contributed by atoms with van der Waals surface area (Å²) in [6.45, 7) is 4.01. The molecule has 0 saturated carbocycles. The molecule has 0 spiro atoms. The van der Waals surface area contributed by atoms with Gasteiger partial charge in [0, 0.05) is 20.0 Å². The molecule has 28 heavy (non-hydrogen) atoms. The molecule has 2 aromatic rings. The average Bonchev–Trinajstić information content (AvgIpc) is 2.57. The molecule has 0 radical (unpaired) electrons. The van der Waals surface area contributed by atoms with Crippen molar-refractivity contribution in [2.75, 3.05) is 6.54 Å². The fourth-order valence-electron chi connectivity index (χ4n) is 3.03.